The summed E-state index contributed by atoms with van der Waals surface area (Å²) in [6.45, 7) is 4.57. The second-order valence-electron chi connectivity index (χ2n) is 8.76. The number of hydrogen-bond acceptors (Lipinski definition) is 6. The summed E-state index contributed by atoms with van der Waals surface area (Å²) >= 11 is 0. The molecule has 2 aliphatic heterocycles. The van der Waals surface area contributed by atoms with E-state index in [-0.39, 0.29) is 11.8 Å². The van der Waals surface area contributed by atoms with E-state index in [1.807, 2.05) is 74.5 Å². The number of ether oxygens (including phenoxy) is 2. The summed E-state index contributed by atoms with van der Waals surface area (Å²) in [6.07, 6.45) is -0.0470. The van der Waals surface area contributed by atoms with Crippen LogP contribution < -0.4 is 19.4 Å². The topological polar surface area (TPSA) is 68.3 Å². The molecule has 3 aromatic rings. The van der Waals surface area contributed by atoms with Crippen LogP contribution >= 0.6 is 0 Å². The summed E-state index contributed by atoms with van der Waals surface area (Å²) in [6, 6.07) is 22.0. The molecule has 2 amide bonds. The van der Waals surface area contributed by atoms with Gasteiger partial charge in [0.1, 0.15) is 5.92 Å². The summed E-state index contributed by atoms with van der Waals surface area (Å²) in [4.78, 5) is 34.7. The van der Waals surface area contributed by atoms with Gasteiger partial charge in [-0.2, -0.15) is 0 Å². The molecule has 0 aliphatic carbocycles. The molecule has 3 atom stereocenters. The molecule has 0 saturated carbocycles. The van der Waals surface area contributed by atoms with E-state index in [9.17, 15) is 9.59 Å². The third kappa shape index (κ3) is 4.02. The van der Waals surface area contributed by atoms with Gasteiger partial charge in [-0.1, -0.05) is 48.9 Å². The molecular weight excluding hydrogens is 444 g/mol. The first kappa shape index (κ1) is 22.9. The van der Waals surface area contributed by atoms with Gasteiger partial charge in [0.25, 0.3) is 5.91 Å². The monoisotopic (exact) mass is 472 g/mol. The molecular formula is C28H28N2O5. The Morgan fingerprint density at radius 1 is 0.886 bits per heavy atom. The van der Waals surface area contributed by atoms with Crippen LogP contribution in [-0.2, 0) is 14.4 Å². The summed E-state index contributed by atoms with van der Waals surface area (Å²) < 4.78 is 11.4. The number of para-hydroxylation sites is 1. The number of carbonyl (C=O) groups is 2. The molecule has 2 heterocycles. The van der Waals surface area contributed by atoms with Gasteiger partial charge in [-0.15, -0.1) is 0 Å². The van der Waals surface area contributed by atoms with Crippen molar-refractivity contribution in [1.29, 1.82) is 0 Å². The van der Waals surface area contributed by atoms with Gasteiger partial charge in [0, 0.05) is 0 Å². The van der Waals surface area contributed by atoms with Gasteiger partial charge in [0.05, 0.1) is 31.1 Å². The van der Waals surface area contributed by atoms with Crippen LogP contribution in [0.3, 0.4) is 0 Å². The van der Waals surface area contributed by atoms with Gasteiger partial charge in [-0.3, -0.25) is 14.4 Å². The number of hydroxylamine groups is 1. The SMILES string of the molecule is CCCOc1ccc([C@@H]2[C@@H]3C(=O)N(c4ccc(C)cc4)C(=O)[C@@H]3ON2c2ccccc2)cc1OC. The summed E-state index contributed by atoms with van der Waals surface area (Å²) in [7, 11) is 1.59. The lowest BCUT2D eigenvalue weighted by Gasteiger charge is -2.29. The predicted octanol–water partition coefficient (Wildman–Crippen LogP) is 4.84. The molecule has 7 nitrogen and oxygen atoms in total. The van der Waals surface area contributed by atoms with Crippen molar-refractivity contribution in [1.82, 2.24) is 0 Å². The first-order chi connectivity index (χ1) is 17.0. The quantitative estimate of drug-likeness (QED) is 0.458. The Labute approximate surface area is 204 Å². The zero-order valence-corrected chi connectivity index (χ0v) is 20.0. The number of aryl methyl sites for hydroxylation is 1. The van der Waals surface area contributed by atoms with E-state index in [2.05, 4.69) is 0 Å². The minimum atomic E-state index is -0.920. The Hall–Kier alpha value is -3.84. The fourth-order valence-electron chi connectivity index (χ4n) is 4.70. The fraction of sp³-hybridized carbons (Fsp3) is 0.286. The maximum Gasteiger partial charge on any atom is 0.266 e. The molecule has 2 fully saturated rings. The molecule has 180 valence electrons. The maximum atomic E-state index is 13.7. The van der Waals surface area contributed by atoms with Crippen molar-refractivity contribution in [2.75, 3.05) is 23.7 Å². The smallest absolute Gasteiger partial charge is 0.266 e. The first-order valence-corrected chi connectivity index (χ1v) is 11.8. The second kappa shape index (κ2) is 9.43. The highest BCUT2D eigenvalue weighted by molar-refractivity contribution is 6.23. The number of fused-ring (bicyclic) bond motifs is 1. The number of imide groups is 1. The van der Waals surface area contributed by atoms with E-state index in [0.29, 0.717) is 23.8 Å². The first-order valence-electron chi connectivity index (χ1n) is 11.8. The van der Waals surface area contributed by atoms with Crippen molar-refractivity contribution >= 4 is 23.2 Å². The van der Waals surface area contributed by atoms with Gasteiger partial charge in [-0.25, -0.2) is 9.96 Å². The molecule has 0 N–H and O–H groups in total. The Bertz CT molecular complexity index is 1230. The van der Waals surface area contributed by atoms with Gasteiger partial charge >= 0.3 is 0 Å². The Morgan fingerprint density at radius 2 is 1.63 bits per heavy atom. The third-order valence-corrected chi connectivity index (χ3v) is 6.41. The summed E-state index contributed by atoms with van der Waals surface area (Å²) in [5, 5.41) is 1.68. The van der Waals surface area contributed by atoms with Crippen LogP contribution in [0.1, 0.15) is 30.5 Å². The third-order valence-electron chi connectivity index (χ3n) is 6.41. The number of carbonyl (C=O) groups excluding carboxylic acids is 2. The van der Waals surface area contributed by atoms with E-state index < -0.39 is 18.1 Å². The molecule has 0 aromatic heterocycles. The average Bonchev–Trinajstić information content (AvgIpc) is 3.39. The molecule has 2 saturated heterocycles. The fourth-order valence-corrected chi connectivity index (χ4v) is 4.70. The van der Waals surface area contributed by atoms with Gasteiger partial charge in [0.2, 0.25) is 5.91 Å². The number of methoxy groups -OCH3 is 1. The number of rotatable bonds is 7. The van der Waals surface area contributed by atoms with Gasteiger partial charge < -0.3 is 9.47 Å². The van der Waals surface area contributed by atoms with Crippen LogP contribution in [0, 0.1) is 12.8 Å². The zero-order chi connectivity index (χ0) is 24.5. The van der Waals surface area contributed by atoms with Crippen molar-refractivity contribution in [2.45, 2.75) is 32.4 Å². The minimum Gasteiger partial charge on any atom is -0.493 e. The summed E-state index contributed by atoms with van der Waals surface area (Å²) in [5.41, 5.74) is 3.16. The number of benzene rings is 3. The minimum absolute atomic E-state index is 0.280. The molecule has 5 rings (SSSR count). The van der Waals surface area contributed by atoms with Gasteiger partial charge in [-0.05, 0) is 55.3 Å². The Morgan fingerprint density at radius 3 is 2.31 bits per heavy atom. The number of hydrogen-bond donors (Lipinski definition) is 0. The van der Waals surface area contributed by atoms with Crippen LogP contribution in [0.25, 0.3) is 0 Å². The zero-order valence-electron chi connectivity index (χ0n) is 20.0. The lowest BCUT2D eigenvalue weighted by Crippen LogP contribution is -2.37. The van der Waals surface area contributed by atoms with E-state index in [0.717, 1.165) is 23.2 Å². The van der Waals surface area contributed by atoms with Crippen LogP contribution in [0.5, 0.6) is 11.5 Å². The number of nitrogens with zero attached hydrogens (tertiary/aromatic N) is 2. The lowest BCUT2D eigenvalue weighted by molar-refractivity contribution is -0.126. The van der Waals surface area contributed by atoms with Crippen molar-refractivity contribution in [2.24, 2.45) is 5.92 Å². The van der Waals surface area contributed by atoms with E-state index in [4.69, 9.17) is 14.3 Å². The van der Waals surface area contributed by atoms with Crippen molar-refractivity contribution in [3.8, 4) is 11.5 Å². The Balaban J connectivity index is 1.57. The van der Waals surface area contributed by atoms with Crippen LogP contribution in [0.2, 0.25) is 0 Å². The van der Waals surface area contributed by atoms with Crippen LogP contribution in [0.4, 0.5) is 11.4 Å². The van der Waals surface area contributed by atoms with Crippen molar-refractivity contribution in [3.63, 3.8) is 0 Å². The standard InChI is InChI=1S/C28H28N2O5/c1-4-16-34-22-15-12-19(17-23(22)33-3)25-24-26(35-30(25)21-8-6-5-7-9-21)28(32)29(27(24)31)20-13-10-18(2)11-14-20/h5-15,17,24-26H,4,16H2,1-3H3/t24-,25+,26+/m0/s1. The van der Waals surface area contributed by atoms with Crippen molar-refractivity contribution < 1.29 is 23.9 Å². The summed E-state index contributed by atoms with van der Waals surface area (Å²) in [5.74, 6) is -0.148. The maximum absolute atomic E-state index is 13.7. The molecule has 35 heavy (non-hydrogen) atoms. The molecule has 0 spiro atoms. The number of amides is 2. The Kier molecular flexibility index (Phi) is 6.17. The van der Waals surface area contributed by atoms with Crippen LogP contribution in [-0.4, -0.2) is 31.6 Å². The molecule has 0 bridgehead atoms. The largest absolute Gasteiger partial charge is 0.493 e. The van der Waals surface area contributed by atoms with Crippen molar-refractivity contribution in [3.05, 3.63) is 83.9 Å². The predicted molar refractivity (Wildman–Crippen MR) is 132 cm³/mol. The second-order valence-corrected chi connectivity index (χ2v) is 8.76. The normalized spacial score (nSPS) is 21.4. The van der Waals surface area contributed by atoms with Gasteiger partial charge in [0.15, 0.2) is 17.6 Å². The molecule has 0 radical (unpaired) electrons. The lowest BCUT2D eigenvalue weighted by atomic mass is 9.90. The van der Waals surface area contributed by atoms with E-state index in [1.165, 1.54) is 4.90 Å². The highest BCUT2D eigenvalue weighted by Crippen LogP contribution is 2.48. The number of anilines is 2. The average molecular weight is 473 g/mol. The molecule has 3 aromatic carbocycles. The molecule has 2 aliphatic rings. The van der Waals surface area contributed by atoms with Crippen LogP contribution in [0.15, 0.2) is 72.8 Å². The molecule has 7 heteroatoms. The van der Waals surface area contributed by atoms with E-state index >= 15 is 0 Å². The molecule has 0 unspecified atom stereocenters. The highest BCUT2D eigenvalue weighted by atomic mass is 16.7. The highest BCUT2D eigenvalue weighted by Gasteiger charge is 2.60. The van der Waals surface area contributed by atoms with E-state index in [1.54, 1.807) is 24.3 Å².